The lowest BCUT2D eigenvalue weighted by Crippen LogP contribution is -2.32. The van der Waals surface area contributed by atoms with Crippen molar-refractivity contribution in [2.75, 3.05) is 18.7 Å². The first-order chi connectivity index (χ1) is 10.3. The predicted molar refractivity (Wildman–Crippen MR) is 81.7 cm³/mol. The largest absolute Gasteiger partial charge is 0.490 e. The molecule has 0 aliphatic heterocycles. The van der Waals surface area contributed by atoms with Crippen LogP contribution < -0.4 is 20.1 Å². The average Bonchev–Trinajstić information content (AvgIpc) is 2.50. The zero-order valence-electron chi connectivity index (χ0n) is 11.8. The molecule has 0 saturated heterocycles. The van der Waals surface area contributed by atoms with Gasteiger partial charge in [-0.2, -0.15) is 0 Å². The fourth-order valence-corrected chi connectivity index (χ4v) is 1.72. The number of carbonyl (C=O) groups excluding carboxylic acids is 1. The maximum atomic E-state index is 11.7. The van der Waals surface area contributed by atoms with Gasteiger partial charge >= 0.3 is 6.03 Å². The fraction of sp³-hybridized carbons (Fsp3) is 0.188. The number of anilines is 1. The van der Waals surface area contributed by atoms with E-state index in [1.165, 1.54) is 0 Å². The van der Waals surface area contributed by atoms with Crippen LogP contribution in [0, 0.1) is 0 Å². The lowest BCUT2D eigenvalue weighted by molar-refractivity contribution is 0.229. The molecule has 0 atom stereocenters. The van der Waals surface area contributed by atoms with Crippen LogP contribution >= 0.6 is 0 Å². The van der Waals surface area contributed by atoms with Gasteiger partial charge in [0.1, 0.15) is 0 Å². The number of para-hydroxylation sites is 3. The summed E-state index contributed by atoms with van der Waals surface area (Å²) in [5, 5.41) is 5.33. The van der Waals surface area contributed by atoms with Crippen molar-refractivity contribution in [2.24, 2.45) is 0 Å². The first-order valence-electron chi connectivity index (χ1n) is 6.74. The molecule has 0 spiro atoms. The summed E-state index contributed by atoms with van der Waals surface area (Å²) in [5.74, 6) is 1.25. The molecule has 0 radical (unpaired) electrons. The molecule has 0 fully saturated rings. The highest BCUT2D eigenvalue weighted by atomic mass is 16.5. The van der Waals surface area contributed by atoms with Crippen LogP contribution in [0.25, 0.3) is 0 Å². The van der Waals surface area contributed by atoms with E-state index in [-0.39, 0.29) is 12.8 Å². The Morgan fingerprint density at radius 1 is 0.952 bits per heavy atom. The molecular formula is C16H18N2O3. The second kappa shape index (κ2) is 7.79. The normalized spacial score (nSPS) is 9.76. The summed E-state index contributed by atoms with van der Waals surface area (Å²) in [6.45, 7) is 2.52. The molecule has 0 unspecified atom stereocenters. The van der Waals surface area contributed by atoms with E-state index in [0.717, 1.165) is 5.69 Å². The third-order valence-corrected chi connectivity index (χ3v) is 2.64. The summed E-state index contributed by atoms with van der Waals surface area (Å²) in [6, 6.07) is 16.2. The first kappa shape index (κ1) is 14.7. The Labute approximate surface area is 123 Å². The van der Waals surface area contributed by atoms with Gasteiger partial charge in [-0.05, 0) is 31.2 Å². The highest BCUT2D eigenvalue weighted by Crippen LogP contribution is 2.25. The molecule has 0 aliphatic rings. The molecule has 5 heteroatoms. The van der Waals surface area contributed by atoms with E-state index in [9.17, 15) is 4.79 Å². The average molecular weight is 286 g/mol. The summed E-state index contributed by atoms with van der Waals surface area (Å²) in [4.78, 5) is 11.7. The highest BCUT2D eigenvalue weighted by Gasteiger charge is 2.04. The molecule has 0 saturated carbocycles. The number of nitrogens with one attached hydrogen (secondary N) is 2. The van der Waals surface area contributed by atoms with Crippen LogP contribution in [0.1, 0.15) is 6.92 Å². The van der Waals surface area contributed by atoms with Gasteiger partial charge in [0.2, 0.25) is 0 Å². The number of rotatable bonds is 6. The lowest BCUT2D eigenvalue weighted by Gasteiger charge is -2.12. The van der Waals surface area contributed by atoms with E-state index in [1.54, 1.807) is 6.07 Å². The van der Waals surface area contributed by atoms with Gasteiger partial charge in [-0.1, -0.05) is 30.3 Å². The Hall–Kier alpha value is -2.69. The number of urea groups is 1. The summed E-state index contributed by atoms with van der Waals surface area (Å²) in [5.41, 5.74) is 0.727. The first-order valence-corrected chi connectivity index (χ1v) is 6.74. The topological polar surface area (TPSA) is 59.6 Å². The maximum absolute atomic E-state index is 11.7. The van der Waals surface area contributed by atoms with Gasteiger partial charge in [0, 0.05) is 5.69 Å². The second-order valence-corrected chi connectivity index (χ2v) is 4.17. The number of hydrogen-bond donors (Lipinski definition) is 2. The minimum absolute atomic E-state index is 0.0583. The fourth-order valence-electron chi connectivity index (χ4n) is 1.72. The van der Waals surface area contributed by atoms with Gasteiger partial charge in [-0.25, -0.2) is 4.79 Å². The van der Waals surface area contributed by atoms with Gasteiger partial charge in [0.25, 0.3) is 0 Å². The molecule has 0 heterocycles. The smallest absolute Gasteiger partial charge is 0.321 e. The summed E-state index contributed by atoms with van der Waals surface area (Å²) in [6.07, 6.45) is 0. The number of hydrogen-bond acceptors (Lipinski definition) is 3. The van der Waals surface area contributed by atoms with E-state index >= 15 is 0 Å². The molecule has 0 bridgehead atoms. The van der Waals surface area contributed by atoms with Gasteiger partial charge in [-0.15, -0.1) is 0 Å². The molecule has 2 rings (SSSR count). The molecule has 0 aromatic heterocycles. The zero-order valence-corrected chi connectivity index (χ0v) is 11.8. The molecule has 21 heavy (non-hydrogen) atoms. The van der Waals surface area contributed by atoms with Crippen LogP contribution in [0.2, 0.25) is 0 Å². The quantitative estimate of drug-likeness (QED) is 0.801. The minimum Gasteiger partial charge on any atom is -0.490 e. The van der Waals surface area contributed by atoms with Crippen LogP contribution in [0.4, 0.5) is 10.5 Å². The SMILES string of the molecule is CCOc1ccccc1OCNC(=O)Nc1ccccc1. The van der Waals surface area contributed by atoms with Crippen molar-refractivity contribution in [1.82, 2.24) is 5.32 Å². The van der Waals surface area contributed by atoms with Gasteiger partial charge in [0.05, 0.1) is 6.61 Å². The van der Waals surface area contributed by atoms with Gasteiger partial charge < -0.3 is 20.1 Å². The zero-order chi connectivity index (χ0) is 14.9. The highest BCUT2D eigenvalue weighted by molar-refractivity contribution is 5.89. The molecule has 110 valence electrons. The third kappa shape index (κ3) is 4.72. The Balaban J connectivity index is 1.80. The molecule has 2 N–H and O–H groups in total. The third-order valence-electron chi connectivity index (χ3n) is 2.64. The van der Waals surface area contributed by atoms with E-state index in [0.29, 0.717) is 18.1 Å². The van der Waals surface area contributed by atoms with Gasteiger partial charge in [0.15, 0.2) is 18.2 Å². The number of amides is 2. The van der Waals surface area contributed by atoms with E-state index in [4.69, 9.17) is 9.47 Å². The second-order valence-electron chi connectivity index (χ2n) is 4.17. The van der Waals surface area contributed by atoms with Crippen molar-refractivity contribution in [3.8, 4) is 11.5 Å². The van der Waals surface area contributed by atoms with Crippen molar-refractivity contribution in [2.45, 2.75) is 6.92 Å². The summed E-state index contributed by atoms with van der Waals surface area (Å²) in [7, 11) is 0. The van der Waals surface area contributed by atoms with Crippen molar-refractivity contribution in [1.29, 1.82) is 0 Å². The predicted octanol–water partition coefficient (Wildman–Crippen LogP) is 3.24. The van der Waals surface area contributed by atoms with Crippen molar-refractivity contribution in [3.05, 3.63) is 54.6 Å². The van der Waals surface area contributed by atoms with Gasteiger partial charge in [-0.3, -0.25) is 0 Å². The molecular weight excluding hydrogens is 268 g/mol. The Kier molecular flexibility index (Phi) is 5.46. The maximum Gasteiger partial charge on any atom is 0.321 e. The van der Waals surface area contributed by atoms with Crippen LogP contribution in [0.3, 0.4) is 0 Å². The summed E-state index contributed by atoms with van der Waals surface area (Å²) >= 11 is 0. The van der Waals surface area contributed by atoms with Crippen molar-refractivity contribution >= 4 is 11.7 Å². The van der Waals surface area contributed by atoms with E-state index < -0.39 is 0 Å². The van der Waals surface area contributed by atoms with Crippen LogP contribution in [0.15, 0.2) is 54.6 Å². The number of benzene rings is 2. The Morgan fingerprint density at radius 2 is 1.57 bits per heavy atom. The van der Waals surface area contributed by atoms with E-state index in [2.05, 4.69) is 10.6 Å². The minimum atomic E-state index is -0.324. The summed E-state index contributed by atoms with van der Waals surface area (Å²) < 4.78 is 10.9. The molecule has 2 aromatic carbocycles. The number of carbonyl (C=O) groups is 1. The molecule has 5 nitrogen and oxygen atoms in total. The van der Waals surface area contributed by atoms with Crippen molar-refractivity contribution < 1.29 is 14.3 Å². The Morgan fingerprint density at radius 3 is 2.24 bits per heavy atom. The standard InChI is InChI=1S/C16H18N2O3/c1-2-20-14-10-6-7-11-15(14)21-12-17-16(19)18-13-8-4-3-5-9-13/h3-11H,2,12H2,1H3,(H2,17,18,19). The monoisotopic (exact) mass is 286 g/mol. The Bertz CT molecular complexity index is 573. The number of ether oxygens (including phenoxy) is 2. The van der Waals surface area contributed by atoms with Crippen LogP contribution in [-0.2, 0) is 0 Å². The van der Waals surface area contributed by atoms with Crippen molar-refractivity contribution in [3.63, 3.8) is 0 Å². The van der Waals surface area contributed by atoms with Crippen LogP contribution in [-0.4, -0.2) is 19.4 Å². The molecule has 2 amide bonds. The lowest BCUT2D eigenvalue weighted by atomic mass is 10.3. The molecule has 2 aromatic rings. The van der Waals surface area contributed by atoms with E-state index in [1.807, 2.05) is 55.5 Å². The molecule has 0 aliphatic carbocycles. The van der Waals surface area contributed by atoms with Crippen LogP contribution in [0.5, 0.6) is 11.5 Å².